The van der Waals surface area contributed by atoms with E-state index in [2.05, 4.69) is 9.46 Å². The van der Waals surface area contributed by atoms with E-state index in [1.807, 2.05) is 0 Å². The fourth-order valence-corrected chi connectivity index (χ4v) is 3.48. The van der Waals surface area contributed by atoms with Crippen molar-refractivity contribution in [3.05, 3.63) is 62.4 Å². The highest BCUT2D eigenvalue weighted by atomic mass is 32.2. The first-order valence-corrected chi connectivity index (χ1v) is 9.09. The lowest BCUT2D eigenvalue weighted by Crippen LogP contribution is -2.41. The van der Waals surface area contributed by atoms with Crippen LogP contribution in [0.5, 0.6) is 0 Å². The Balaban J connectivity index is 2.11. The lowest BCUT2D eigenvalue weighted by molar-refractivity contribution is 0.0600. The number of ether oxygens (including phenoxy) is 1. The van der Waals surface area contributed by atoms with Crippen LogP contribution in [0.4, 0.5) is 0 Å². The normalized spacial score (nSPS) is 11.3. The Bertz CT molecular complexity index is 1040. The summed E-state index contributed by atoms with van der Waals surface area (Å²) in [5, 5.41) is 0. The Kier molecular flexibility index (Phi) is 5.78. The molecule has 0 amide bonds. The summed E-state index contributed by atoms with van der Waals surface area (Å²) in [5.41, 5.74) is -0.304. The van der Waals surface area contributed by atoms with Crippen LogP contribution in [0.2, 0.25) is 0 Å². The summed E-state index contributed by atoms with van der Waals surface area (Å²) in [6.45, 7) is 0.0475. The van der Waals surface area contributed by atoms with E-state index in [9.17, 15) is 22.8 Å². The van der Waals surface area contributed by atoms with Crippen LogP contribution in [-0.2, 0) is 35.3 Å². The summed E-state index contributed by atoms with van der Waals surface area (Å²) in [6, 6.07) is 6.54. The second-order valence-electron chi connectivity index (χ2n) is 5.59. The van der Waals surface area contributed by atoms with E-state index in [0.29, 0.717) is 12.0 Å². The minimum Gasteiger partial charge on any atom is -0.465 e. The van der Waals surface area contributed by atoms with E-state index in [0.717, 1.165) is 20.9 Å². The van der Waals surface area contributed by atoms with Crippen molar-refractivity contribution in [3.8, 4) is 0 Å². The van der Waals surface area contributed by atoms with E-state index in [4.69, 9.17) is 0 Å². The minimum absolute atomic E-state index is 0.0475. The molecule has 0 fully saturated rings. The molecule has 0 atom stereocenters. The highest BCUT2D eigenvalue weighted by molar-refractivity contribution is 7.89. The van der Waals surface area contributed by atoms with E-state index in [1.165, 1.54) is 21.2 Å². The summed E-state index contributed by atoms with van der Waals surface area (Å²) in [5.74, 6) is -0.456. The number of sulfonamides is 1. The molecule has 0 unspecified atom stereocenters. The van der Waals surface area contributed by atoms with Crippen LogP contribution in [0.3, 0.4) is 0 Å². The fourth-order valence-electron chi connectivity index (χ4n) is 2.29. The summed E-state index contributed by atoms with van der Waals surface area (Å²) < 4.78 is 33.4. The summed E-state index contributed by atoms with van der Waals surface area (Å²) in [7, 11) is -0.200. The molecule has 0 radical (unpaired) electrons. The van der Waals surface area contributed by atoms with Gasteiger partial charge in [0.05, 0.1) is 12.7 Å². The number of aryl methyl sites for hydroxylation is 1. The standard InChI is InChI=1S/C16H19N3O6S/c1-18-10-13(14(20)19(2)16(18)22)26(23,24)17-9-8-11-4-6-12(7-5-11)15(21)25-3/h4-7,10,17H,8-9H2,1-3H3. The number of methoxy groups -OCH3 is 1. The number of hydrogen-bond donors (Lipinski definition) is 1. The number of rotatable bonds is 6. The van der Waals surface area contributed by atoms with Crippen LogP contribution in [0.25, 0.3) is 0 Å². The third-order valence-corrected chi connectivity index (χ3v) is 5.23. The predicted octanol–water partition coefficient (Wildman–Crippen LogP) is -0.608. The Morgan fingerprint density at radius 2 is 1.77 bits per heavy atom. The first-order valence-electron chi connectivity index (χ1n) is 7.61. The summed E-state index contributed by atoms with van der Waals surface area (Å²) in [4.78, 5) is 34.6. The maximum absolute atomic E-state index is 12.3. The zero-order valence-corrected chi connectivity index (χ0v) is 15.4. The number of esters is 1. The van der Waals surface area contributed by atoms with Gasteiger partial charge in [0.2, 0.25) is 10.0 Å². The average molecular weight is 381 g/mol. The van der Waals surface area contributed by atoms with E-state index in [1.54, 1.807) is 24.3 Å². The quantitative estimate of drug-likeness (QED) is 0.668. The first kappa shape index (κ1) is 19.6. The number of carbonyl (C=O) groups excluding carboxylic acids is 1. The van der Waals surface area contributed by atoms with Crippen LogP contribution in [0, 0.1) is 0 Å². The largest absolute Gasteiger partial charge is 0.465 e. The lowest BCUT2D eigenvalue weighted by Gasteiger charge is -2.09. The maximum Gasteiger partial charge on any atom is 0.337 e. The van der Waals surface area contributed by atoms with Crippen molar-refractivity contribution in [3.63, 3.8) is 0 Å². The lowest BCUT2D eigenvalue weighted by atomic mass is 10.1. The van der Waals surface area contributed by atoms with Gasteiger partial charge in [-0.15, -0.1) is 0 Å². The third kappa shape index (κ3) is 4.09. The Morgan fingerprint density at radius 3 is 2.35 bits per heavy atom. The van der Waals surface area contributed by atoms with Crippen molar-refractivity contribution in [2.75, 3.05) is 13.7 Å². The van der Waals surface area contributed by atoms with Crippen molar-refractivity contribution in [1.82, 2.24) is 13.9 Å². The number of aromatic nitrogens is 2. The number of hydrogen-bond acceptors (Lipinski definition) is 6. The molecule has 140 valence electrons. The van der Waals surface area contributed by atoms with Gasteiger partial charge in [0.1, 0.15) is 0 Å². The molecule has 1 heterocycles. The Morgan fingerprint density at radius 1 is 1.15 bits per heavy atom. The summed E-state index contributed by atoms with van der Waals surface area (Å²) >= 11 is 0. The van der Waals surface area contributed by atoms with Crippen molar-refractivity contribution in [1.29, 1.82) is 0 Å². The number of carbonyl (C=O) groups is 1. The highest BCUT2D eigenvalue weighted by Crippen LogP contribution is 2.07. The van der Waals surface area contributed by atoms with E-state index >= 15 is 0 Å². The third-order valence-electron chi connectivity index (χ3n) is 3.79. The van der Waals surface area contributed by atoms with Gasteiger partial charge in [0, 0.05) is 26.8 Å². The van der Waals surface area contributed by atoms with Gasteiger partial charge < -0.3 is 9.30 Å². The highest BCUT2D eigenvalue weighted by Gasteiger charge is 2.20. The minimum atomic E-state index is -4.07. The molecule has 9 nitrogen and oxygen atoms in total. The molecule has 0 aliphatic heterocycles. The molecular weight excluding hydrogens is 362 g/mol. The van der Waals surface area contributed by atoms with Gasteiger partial charge in [-0.3, -0.25) is 9.36 Å². The molecule has 2 rings (SSSR count). The van der Waals surface area contributed by atoms with Gasteiger partial charge in [0.25, 0.3) is 5.56 Å². The fraction of sp³-hybridized carbons (Fsp3) is 0.312. The molecule has 1 N–H and O–H groups in total. The van der Waals surface area contributed by atoms with Gasteiger partial charge in [-0.05, 0) is 24.1 Å². The van der Waals surface area contributed by atoms with Crippen molar-refractivity contribution in [2.45, 2.75) is 11.3 Å². The second-order valence-corrected chi connectivity index (χ2v) is 7.32. The van der Waals surface area contributed by atoms with E-state index < -0.39 is 32.1 Å². The SMILES string of the molecule is COC(=O)c1ccc(CCNS(=O)(=O)c2cn(C)c(=O)n(C)c2=O)cc1. The van der Waals surface area contributed by atoms with Crippen LogP contribution in [0.15, 0.2) is 44.9 Å². The van der Waals surface area contributed by atoms with Gasteiger partial charge in [-0.25, -0.2) is 22.7 Å². The monoisotopic (exact) mass is 381 g/mol. The van der Waals surface area contributed by atoms with Gasteiger partial charge in [-0.1, -0.05) is 12.1 Å². The number of nitrogens with one attached hydrogen (secondary N) is 1. The first-order chi connectivity index (χ1) is 12.2. The van der Waals surface area contributed by atoms with Gasteiger partial charge in [-0.2, -0.15) is 0 Å². The predicted molar refractivity (Wildman–Crippen MR) is 93.6 cm³/mol. The van der Waals surface area contributed by atoms with Crippen LogP contribution in [0.1, 0.15) is 15.9 Å². The van der Waals surface area contributed by atoms with Crippen molar-refractivity contribution >= 4 is 16.0 Å². The molecule has 2 aromatic rings. The van der Waals surface area contributed by atoms with E-state index in [-0.39, 0.29) is 6.54 Å². The van der Waals surface area contributed by atoms with Crippen LogP contribution >= 0.6 is 0 Å². The molecule has 26 heavy (non-hydrogen) atoms. The van der Waals surface area contributed by atoms with Crippen LogP contribution in [-0.4, -0.2) is 37.2 Å². The molecule has 0 spiro atoms. The number of benzene rings is 1. The summed E-state index contributed by atoms with van der Waals surface area (Å²) in [6.07, 6.45) is 1.35. The number of nitrogens with zero attached hydrogens (tertiary/aromatic N) is 2. The molecule has 1 aromatic carbocycles. The zero-order valence-electron chi connectivity index (χ0n) is 14.6. The molecule has 0 aliphatic rings. The Hall–Kier alpha value is -2.72. The smallest absolute Gasteiger partial charge is 0.337 e. The molecule has 0 bridgehead atoms. The van der Waals surface area contributed by atoms with Gasteiger partial charge in [0.15, 0.2) is 4.90 Å². The maximum atomic E-state index is 12.3. The average Bonchev–Trinajstić information content (AvgIpc) is 2.62. The molecule has 10 heteroatoms. The van der Waals surface area contributed by atoms with Crippen molar-refractivity contribution < 1.29 is 17.9 Å². The Labute approximate surface area is 149 Å². The molecule has 0 saturated heterocycles. The zero-order chi connectivity index (χ0) is 19.5. The molecular formula is C16H19N3O6S. The van der Waals surface area contributed by atoms with Crippen LogP contribution < -0.4 is 16.0 Å². The topological polar surface area (TPSA) is 116 Å². The van der Waals surface area contributed by atoms with Gasteiger partial charge >= 0.3 is 11.7 Å². The molecule has 0 aliphatic carbocycles. The molecule has 0 saturated carbocycles. The molecule has 1 aromatic heterocycles. The van der Waals surface area contributed by atoms with Crippen molar-refractivity contribution in [2.24, 2.45) is 14.1 Å². The second kappa shape index (κ2) is 7.67.